The first kappa shape index (κ1) is 15.4. The van der Waals surface area contributed by atoms with Gasteiger partial charge in [0.25, 0.3) is 0 Å². The molecule has 3 heteroatoms. The van der Waals surface area contributed by atoms with Gasteiger partial charge in [-0.15, -0.1) is 0 Å². The number of carbonyl (C=O) groups is 1. The molecule has 0 aromatic heterocycles. The molecular weight excluding hydrogens is 276 g/mol. The topological polar surface area (TPSA) is 35.5 Å². The Morgan fingerprint density at radius 3 is 2.32 bits per heavy atom. The van der Waals surface area contributed by atoms with Crippen LogP contribution >= 0.6 is 0 Å². The van der Waals surface area contributed by atoms with Gasteiger partial charge in [0.05, 0.1) is 19.4 Å². The van der Waals surface area contributed by atoms with Crippen molar-refractivity contribution < 1.29 is 14.3 Å². The van der Waals surface area contributed by atoms with Crippen LogP contribution in [0.3, 0.4) is 0 Å². The summed E-state index contributed by atoms with van der Waals surface area (Å²) in [5.41, 5.74) is 1.82. The molecule has 0 heterocycles. The summed E-state index contributed by atoms with van der Waals surface area (Å²) >= 11 is 0. The maximum absolute atomic E-state index is 11.1. The zero-order chi connectivity index (χ0) is 15.6. The Hall–Kier alpha value is -2.99. The monoisotopic (exact) mass is 292 g/mol. The lowest BCUT2D eigenvalue weighted by molar-refractivity contribution is -0.135. The van der Waals surface area contributed by atoms with E-state index in [1.165, 1.54) is 19.4 Å². The van der Waals surface area contributed by atoms with E-state index in [4.69, 9.17) is 4.74 Å². The zero-order valence-electron chi connectivity index (χ0n) is 12.2. The fraction of sp³-hybridized carbons (Fsp3) is 0.105. The molecule has 1 unspecified atom stereocenters. The molecule has 1 atom stereocenters. The lowest BCUT2D eigenvalue weighted by Crippen LogP contribution is -1.99. The molecule has 0 spiro atoms. The van der Waals surface area contributed by atoms with Crippen LogP contribution in [-0.2, 0) is 14.3 Å². The van der Waals surface area contributed by atoms with Crippen molar-refractivity contribution in [3.8, 4) is 11.8 Å². The zero-order valence-corrected chi connectivity index (χ0v) is 12.2. The molecule has 0 aliphatic heterocycles. The first-order chi connectivity index (χ1) is 10.8. The summed E-state index contributed by atoms with van der Waals surface area (Å²) in [6.45, 7) is 0. The maximum Gasteiger partial charge on any atom is 0.333 e. The number of esters is 1. The van der Waals surface area contributed by atoms with Crippen LogP contribution in [0.1, 0.15) is 17.2 Å². The average molecular weight is 292 g/mol. The molecule has 0 aliphatic rings. The minimum absolute atomic E-state index is 0.456. The predicted octanol–water partition coefficient (Wildman–Crippen LogP) is 3.48. The Kier molecular flexibility index (Phi) is 5.83. The predicted molar refractivity (Wildman–Crippen MR) is 84.7 cm³/mol. The Bertz CT molecular complexity index is 679. The van der Waals surface area contributed by atoms with Crippen molar-refractivity contribution in [3.05, 3.63) is 84.1 Å². The smallest absolute Gasteiger partial charge is 0.333 e. The molecule has 2 rings (SSSR count). The lowest BCUT2D eigenvalue weighted by Gasteiger charge is -2.10. The summed E-state index contributed by atoms with van der Waals surface area (Å²) in [5.74, 6) is 5.67. The molecule has 0 fully saturated rings. The highest BCUT2D eigenvalue weighted by Crippen LogP contribution is 2.16. The summed E-state index contributed by atoms with van der Waals surface area (Å²) in [6.07, 6.45) is 2.07. The number of ether oxygens (including phenoxy) is 2. The SMILES string of the molecule is COC(=O)/C=C/OC(C#Cc1ccccc1)c1ccccc1. The Labute approximate surface area is 130 Å². The Balaban J connectivity index is 2.17. The molecular formula is C19H16O3. The highest BCUT2D eigenvalue weighted by Gasteiger charge is 2.07. The van der Waals surface area contributed by atoms with E-state index in [9.17, 15) is 4.79 Å². The van der Waals surface area contributed by atoms with Crippen molar-refractivity contribution in [3.63, 3.8) is 0 Å². The van der Waals surface area contributed by atoms with Crippen molar-refractivity contribution >= 4 is 5.97 Å². The highest BCUT2D eigenvalue weighted by molar-refractivity contribution is 5.81. The van der Waals surface area contributed by atoms with E-state index < -0.39 is 12.1 Å². The fourth-order valence-electron chi connectivity index (χ4n) is 1.74. The minimum atomic E-state index is -0.470. The third-order valence-corrected chi connectivity index (χ3v) is 2.84. The van der Waals surface area contributed by atoms with Gasteiger partial charge in [0.2, 0.25) is 0 Å². The van der Waals surface area contributed by atoms with Crippen molar-refractivity contribution in [1.29, 1.82) is 0 Å². The van der Waals surface area contributed by atoms with E-state index in [2.05, 4.69) is 16.6 Å². The molecule has 0 aliphatic carbocycles. The maximum atomic E-state index is 11.1. The molecule has 110 valence electrons. The van der Waals surface area contributed by atoms with Gasteiger partial charge in [0.15, 0.2) is 6.10 Å². The van der Waals surface area contributed by atoms with Gasteiger partial charge in [0, 0.05) is 11.1 Å². The summed E-state index contributed by atoms with van der Waals surface area (Å²) in [4.78, 5) is 11.1. The number of carbonyl (C=O) groups excluding carboxylic acids is 1. The van der Waals surface area contributed by atoms with Crippen molar-refractivity contribution in [1.82, 2.24) is 0 Å². The minimum Gasteiger partial charge on any atom is -0.480 e. The van der Waals surface area contributed by atoms with Gasteiger partial charge in [-0.25, -0.2) is 4.79 Å². The van der Waals surface area contributed by atoms with Gasteiger partial charge in [-0.3, -0.25) is 0 Å². The third kappa shape index (κ3) is 4.84. The molecule has 2 aromatic carbocycles. The molecule has 0 saturated heterocycles. The summed E-state index contributed by atoms with van der Waals surface area (Å²) in [7, 11) is 1.32. The molecule has 0 radical (unpaired) electrons. The first-order valence-electron chi connectivity index (χ1n) is 6.81. The van der Waals surface area contributed by atoms with Gasteiger partial charge >= 0.3 is 5.97 Å². The van der Waals surface area contributed by atoms with Gasteiger partial charge in [-0.2, -0.15) is 0 Å². The van der Waals surface area contributed by atoms with Crippen LogP contribution in [0.25, 0.3) is 0 Å². The third-order valence-electron chi connectivity index (χ3n) is 2.84. The number of hydrogen-bond acceptors (Lipinski definition) is 3. The second-order valence-corrected chi connectivity index (χ2v) is 4.39. The largest absolute Gasteiger partial charge is 0.480 e. The van der Waals surface area contributed by atoms with E-state index in [1.807, 2.05) is 60.7 Å². The van der Waals surface area contributed by atoms with Crippen molar-refractivity contribution in [2.24, 2.45) is 0 Å². The first-order valence-corrected chi connectivity index (χ1v) is 6.81. The van der Waals surface area contributed by atoms with Crippen LogP contribution in [0.2, 0.25) is 0 Å². The van der Waals surface area contributed by atoms with Crippen LogP contribution < -0.4 is 0 Å². The van der Waals surface area contributed by atoms with Crippen molar-refractivity contribution in [2.45, 2.75) is 6.10 Å². The normalized spacial score (nSPS) is 11.3. The lowest BCUT2D eigenvalue weighted by atomic mass is 10.1. The molecule has 0 amide bonds. The van der Waals surface area contributed by atoms with Gasteiger partial charge in [-0.05, 0) is 18.1 Å². The fourth-order valence-corrected chi connectivity index (χ4v) is 1.74. The summed E-state index contributed by atoms with van der Waals surface area (Å²) < 4.78 is 10.1. The molecule has 2 aromatic rings. The number of methoxy groups -OCH3 is 1. The van der Waals surface area contributed by atoms with Crippen LogP contribution in [0.5, 0.6) is 0 Å². The molecule has 0 bridgehead atoms. The number of benzene rings is 2. The van der Waals surface area contributed by atoms with Crippen LogP contribution in [0.4, 0.5) is 0 Å². The molecule has 22 heavy (non-hydrogen) atoms. The second kappa shape index (κ2) is 8.33. The highest BCUT2D eigenvalue weighted by atomic mass is 16.5. The Morgan fingerprint density at radius 1 is 1.05 bits per heavy atom. The van der Waals surface area contributed by atoms with E-state index in [0.717, 1.165) is 11.1 Å². The van der Waals surface area contributed by atoms with Crippen molar-refractivity contribution in [2.75, 3.05) is 7.11 Å². The molecule has 3 nitrogen and oxygen atoms in total. The quantitative estimate of drug-likeness (QED) is 0.374. The number of hydrogen-bond donors (Lipinski definition) is 0. The Morgan fingerprint density at radius 2 is 1.68 bits per heavy atom. The summed E-state index contributed by atoms with van der Waals surface area (Å²) in [6, 6.07) is 19.3. The van der Waals surface area contributed by atoms with Crippen LogP contribution in [-0.4, -0.2) is 13.1 Å². The van der Waals surface area contributed by atoms with E-state index >= 15 is 0 Å². The summed E-state index contributed by atoms with van der Waals surface area (Å²) in [5, 5.41) is 0. The average Bonchev–Trinajstić information content (AvgIpc) is 2.59. The van der Waals surface area contributed by atoms with E-state index in [-0.39, 0.29) is 0 Å². The molecule has 0 saturated carbocycles. The van der Waals surface area contributed by atoms with Gasteiger partial charge in [0.1, 0.15) is 0 Å². The standard InChI is InChI=1S/C19H16O3/c1-21-19(20)14-15-22-18(17-10-6-3-7-11-17)13-12-16-8-4-2-5-9-16/h2-11,14-15,18H,1H3/b15-14+. The van der Waals surface area contributed by atoms with Gasteiger partial charge < -0.3 is 9.47 Å². The van der Waals surface area contributed by atoms with Crippen LogP contribution in [0, 0.1) is 11.8 Å². The van der Waals surface area contributed by atoms with E-state index in [0.29, 0.717) is 0 Å². The van der Waals surface area contributed by atoms with E-state index in [1.54, 1.807) is 0 Å². The number of rotatable bonds is 4. The second-order valence-electron chi connectivity index (χ2n) is 4.39. The molecule has 0 N–H and O–H groups in total. The van der Waals surface area contributed by atoms with Gasteiger partial charge in [-0.1, -0.05) is 54.5 Å². The van der Waals surface area contributed by atoms with Crippen LogP contribution in [0.15, 0.2) is 73.0 Å².